The van der Waals surface area contributed by atoms with Crippen LogP contribution in [-0.4, -0.2) is 53.0 Å². The summed E-state index contributed by atoms with van der Waals surface area (Å²) in [5.41, 5.74) is 2.93. The van der Waals surface area contributed by atoms with Crippen molar-refractivity contribution in [1.29, 1.82) is 0 Å². The molecule has 1 heterocycles. The first kappa shape index (κ1) is 18.2. The Bertz CT molecular complexity index is 577. The van der Waals surface area contributed by atoms with Gasteiger partial charge in [-0.15, -0.1) is 0 Å². The highest BCUT2D eigenvalue weighted by molar-refractivity contribution is 5.76. The molecule has 1 aromatic rings. The van der Waals surface area contributed by atoms with E-state index in [2.05, 4.69) is 4.90 Å². The minimum Gasteiger partial charge on any atom is -0.507 e. The molecular formula is C21H32N2O2. The Labute approximate surface area is 151 Å². The maximum atomic E-state index is 12.5. The average Bonchev–Trinajstić information content (AvgIpc) is 2.65. The van der Waals surface area contributed by atoms with Gasteiger partial charge in [0.05, 0.1) is 0 Å². The van der Waals surface area contributed by atoms with Gasteiger partial charge in [-0.05, 0) is 49.8 Å². The standard InChI is InChI=1S/C21H32N2O2/c1-16-14-18(15-17(2)21(16)25)8-9-20(24)23-12-10-22(11-13-23)19-6-4-3-5-7-19/h14-15,19,25H,3-13H2,1-2H3. The lowest BCUT2D eigenvalue weighted by Crippen LogP contribution is -2.52. The van der Waals surface area contributed by atoms with Crippen molar-refractivity contribution in [2.24, 2.45) is 0 Å². The molecule has 4 nitrogen and oxygen atoms in total. The van der Waals surface area contributed by atoms with E-state index >= 15 is 0 Å². The molecule has 2 aliphatic rings. The van der Waals surface area contributed by atoms with Crippen molar-refractivity contribution in [3.05, 3.63) is 28.8 Å². The molecule has 0 bridgehead atoms. The number of hydrogen-bond donors (Lipinski definition) is 1. The molecule has 1 saturated carbocycles. The van der Waals surface area contributed by atoms with E-state index in [0.717, 1.165) is 55.3 Å². The van der Waals surface area contributed by atoms with Crippen LogP contribution >= 0.6 is 0 Å². The highest BCUT2D eigenvalue weighted by Gasteiger charge is 2.26. The first-order valence-electron chi connectivity index (χ1n) is 9.85. The van der Waals surface area contributed by atoms with E-state index in [0.29, 0.717) is 12.2 Å². The van der Waals surface area contributed by atoms with Gasteiger partial charge in [0.1, 0.15) is 5.75 Å². The second-order valence-corrected chi connectivity index (χ2v) is 7.79. The summed E-state index contributed by atoms with van der Waals surface area (Å²) >= 11 is 0. The predicted octanol–water partition coefficient (Wildman–Crippen LogP) is 3.42. The van der Waals surface area contributed by atoms with Gasteiger partial charge in [0, 0.05) is 38.6 Å². The Kier molecular flexibility index (Phi) is 6.00. The number of phenols is 1. The number of rotatable bonds is 4. The number of nitrogens with zero attached hydrogens (tertiary/aromatic N) is 2. The van der Waals surface area contributed by atoms with Gasteiger partial charge in [-0.25, -0.2) is 0 Å². The summed E-state index contributed by atoms with van der Waals surface area (Å²) in [6.45, 7) is 7.66. The van der Waals surface area contributed by atoms with Crippen LogP contribution in [0, 0.1) is 13.8 Å². The van der Waals surface area contributed by atoms with Gasteiger partial charge in [0.15, 0.2) is 0 Å². The minimum atomic E-state index is 0.270. The molecule has 3 rings (SSSR count). The number of aryl methyl sites for hydroxylation is 3. The molecule has 1 N–H and O–H groups in total. The molecule has 0 unspecified atom stereocenters. The molecule has 1 aromatic carbocycles. The molecule has 0 aromatic heterocycles. The monoisotopic (exact) mass is 344 g/mol. The largest absolute Gasteiger partial charge is 0.507 e. The molecule has 1 saturated heterocycles. The van der Waals surface area contributed by atoms with Crippen molar-refractivity contribution in [3.8, 4) is 5.75 Å². The fraction of sp³-hybridized carbons (Fsp3) is 0.667. The van der Waals surface area contributed by atoms with Crippen molar-refractivity contribution in [3.63, 3.8) is 0 Å². The number of benzene rings is 1. The Hall–Kier alpha value is -1.55. The molecule has 0 spiro atoms. The van der Waals surface area contributed by atoms with Crippen molar-refractivity contribution in [2.45, 2.75) is 64.8 Å². The van der Waals surface area contributed by atoms with Crippen molar-refractivity contribution < 1.29 is 9.90 Å². The van der Waals surface area contributed by atoms with E-state index in [1.807, 2.05) is 30.9 Å². The topological polar surface area (TPSA) is 43.8 Å². The van der Waals surface area contributed by atoms with Crippen LogP contribution in [-0.2, 0) is 11.2 Å². The summed E-state index contributed by atoms with van der Waals surface area (Å²) in [5.74, 6) is 0.639. The molecule has 1 amide bonds. The molecule has 4 heteroatoms. The first-order valence-corrected chi connectivity index (χ1v) is 9.85. The van der Waals surface area contributed by atoms with Crippen molar-refractivity contribution in [1.82, 2.24) is 9.80 Å². The smallest absolute Gasteiger partial charge is 0.222 e. The third-order valence-electron chi connectivity index (χ3n) is 5.94. The van der Waals surface area contributed by atoms with E-state index in [1.165, 1.54) is 32.1 Å². The fourth-order valence-electron chi connectivity index (χ4n) is 4.38. The summed E-state index contributed by atoms with van der Waals surface area (Å²) in [7, 11) is 0. The summed E-state index contributed by atoms with van der Waals surface area (Å²) in [6, 6.07) is 4.75. The number of phenolic OH excluding ortho intramolecular Hbond substituents is 1. The zero-order valence-electron chi connectivity index (χ0n) is 15.8. The van der Waals surface area contributed by atoms with E-state index < -0.39 is 0 Å². The first-order chi connectivity index (χ1) is 12.0. The Morgan fingerprint density at radius 2 is 1.64 bits per heavy atom. The number of aromatic hydroxyl groups is 1. The molecular weight excluding hydrogens is 312 g/mol. The summed E-state index contributed by atoms with van der Waals surface area (Å²) in [4.78, 5) is 17.2. The quantitative estimate of drug-likeness (QED) is 0.910. The van der Waals surface area contributed by atoms with E-state index in [4.69, 9.17) is 0 Å². The van der Waals surface area contributed by atoms with Gasteiger partial charge in [-0.2, -0.15) is 0 Å². The van der Waals surface area contributed by atoms with Crippen LogP contribution in [0.1, 0.15) is 55.2 Å². The van der Waals surface area contributed by atoms with Crippen LogP contribution in [0.15, 0.2) is 12.1 Å². The van der Waals surface area contributed by atoms with Crippen LogP contribution in [0.5, 0.6) is 5.75 Å². The van der Waals surface area contributed by atoms with E-state index in [9.17, 15) is 9.90 Å². The summed E-state index contributed by atoms with van der Waals surface area (Å²) < 4.78 is 0. The Morgan fingerprint density at radius 1 is 1.04 bits per heavy atom. The van der Waals surface area contributed by atoms with E-state index in [-0.39, 0.29) is 5.91 Å². The average molecular weight is 344 g/mol. The highest BCUT2D eigenvalue weighted by atomic mass is 16.3. The van der Waals surface area contributed by atoms with Gasteiger partial charge in [0.2, 0.25) is 5.91 Å². The molecule has 25 heavy (non-hydrogen) atoms. The second-order valence-electron chi connectivity index (χ2n) is 7.79. The van der Waals surface area contributed by atoms with Crippen LogP contribution in [0.3, 0.4) is 0 Å². The zero-order valence-corrected chi connectivity index (χ0v) is 15.8. The molecule has 1 aliphatic heterocycles. The van der Waals surface area contributed by atoms with Crippen LogP contribution in [0.4, 0.5) is 0 Å². The van der Waals surface area contributed by atoms with Gasteiger partial charge in [0.25, 0.3) is 0 Å². The number of hydrogen-bond acceptors (Lipinski definition) is 3. The molecule has 0 atom stereocenters. The third-order valence-corrected chi connectivity index (χ3v) is 5.94. The van der Waals surface area contributed by atoms with E-state index in [1.54, 1.807) is 0 Å². The van der Waals surface area contributed by atoms with Crippen LogP contribution in [0.25, 0.3) is 0 Å². The molecule has 138 valence electrons. The van der Waals surface area contributed by atoms with Gasteiger partial charge < -0.3 is 10.0 Å². The van der Waals surface area contributed by atoms with Crippen LogP contribution < -0.4 is 0 Å². The van der Waals surface area contributed by atoms with Crippen molar-refractivity contribution in [2.75, 3.05) is 26.2 Å². The number of piperazine rings is 1. The third kappa shape index (κ3) is 4.55. The predicted molar refractivity (Wildman–Crippen MR) is 101 cm³/mol. The maximum absolute atomic E-state index is 12.5. The number of carbonyl (C=O) groups excluding carboxylic acids is 1. The lowest BCUT2D eigenvalue weighted by Gasteiger charge is -2.40. The van der Waals surface area contributed by atoms with Gasteiger partial charge in [-0.3, -0.25) is 9.69 Å². The minimum absolute atomic E-state index is 0.270. The fourth-order valence-corrected chi connectivity index (χ4v) is 4.38. The molecule has 1 aliphatic carbocycles. The summed E-state index contributed by atoms with van der Waals surface area (Å²) in [5, 5.41) is 9.86. The zero-order chi connectivity index (χ0) is 17.8. The number of amides is 1. The second kappa shape index (κ2) is 8.22. The Morgan fingerprint density at radius 3 is 2.24 bits per heavy atom. The maximum Gasteiger partial charge on any atom is 0.222 e. The molecule has 0 radical (unpaired) electrons. The normalized spacial score (nSPS) is 20.0. The highest BCUT2D eigenvalue weighted by Crippen LogP contribution is 2.25. The van der Waals surface area contributed by atoms with Crippen LogP contribution in [0.2, 0.25) is 0 Å². The van der Waals surface area contributed by atoms with Crippen molar-refractivity contribution >= 4 is 5.91 Å². The molecule has 2 fully saturated rings. The van der Waals surface area contributed by atoms with Gasteiger partial charge >= 0.3 is 0 Å². The number of carbonyl (C=O) groups is 1. The lowest BCUT2D eigenvalue weighted by atomic mass is 9.94. The SMILES string of the molecule is Cc1cc(CCC(=O)N2CCN(C3CCCCC3)CC2)cc(C)c1O. The Balaban J connectivity index is 1.46. The summed E-state index contributed by atoms with van der Waals surface area (Å²) in [6.07, 6.45) is 8.13. The van der Waals surface area contributed by atoms with Gasteiger partial charge in [-0.1, -0.05) is 31.4 Å². The lowest BCUT2D eigenvalue weighted by molar-refractivity contribution is -0.133.